The summed E-state index contributed by atoms with van der Waals surface area (Å²) in [5.74, 6) is -0.730. The molecule has 2 aliphatic heterocycles. The van der Waals surface area contributed by atoms with E-state index in [0.29, 0.717) is 5.75 Å². The molecule has 0 aromatic carbocycles. The number of hydrogen-bond donors (Lipinski definition) is 2. The first-order chi connectivity index (χ1) is 7.07. The first-order valence-corrected chi connectivity index (χ1v) is 6.56. The molecule has 82 valence electrons. The molecule has 15 heavy (non-hydrogen) atoms. The van der Waals surface area contributed by atoms with Gasteiger partial charge in [-0.05, 0) is 6.26 Å². The van der Waals surface area contributed by atoms with Crippen LogP contribution in [-0.2, 0) is 9.59 Å². The number of fused-ring (bicyclic) bond motifs is 1. The number of carboxylic acids is 1. The Balaban J connectivity index is 2.38. The van der Waals surface area contributed by atoms with Crippen molar-refractivity contribution in [2.45, 2.75) is 11.4 Å². The quantitative estimate of drug-likeness (QED) is 0.661. The summed E-state index contributed by atoms with van der Waals surface area (Å²) in [4.78, 5) is 24.5. The van der Waals surface area contributed by atoms with Gasteiger partial charge in [0.1, 0.15) is 17.1 Å². The molecule has 0 aromatic heterocycles. The zero-order chi connectivity index (χ0) is 11.2. The van der Waals surface area contributed by atoms with Crippen LogP contribution < -0.4 is 5.73 Å². The summed E-state index contributed by atoms with van der Waals surface area (Å²) in [7, 11) is 0. The summed E-state index contributed by atoms with van der Waals surface area (Å²) in [6.45, 7) is 0. The molecule has 1 amide bonds. The highest BCUT2D eigenvalue weighted by Crippen LogP contribution is 2.41. The van der Waals surface area contributed by atoms with Crippen LogP contribution in [0.2, 0.25) is 0 Å². The second-order valence-corrected chi connectivity index (χ2v) is 5.22. The molecule has 0 radical (unpaired) electrons. The van der Waals surface area contributed by atoms with Gasteiger partial charge in [-0.3, -0.25) is 9.69 Å². The molecule has 0 spiro atoms. The van der Waals surface area contributed by atoms with E-state index in [4.69, 9.17) is 10.8 Å². The minimum Gasteiger partial charge on any atom is -0.477 e. The maximum atomic E-state index is 11.5. The van der Waals surface area contributed by atoms with Gasteiger partial charge < -0.3 is 10.8 Å². The minimum atomic E-state index is -1.05. The number of β-lactam (4-membered cyclic amide) rings is 1. The van der Waals surface area contributed by atoms with Crippen molar-refractivity contribution in [2.24, 2.45) is 5.73 Å². The van der Waals surface area contributed by atoms with Gasteiger partial charge in [0.25, 0.3) is 0 Å². The van der Waals surface area contributed by atoms with E-state index in [2.05, 4.69) is 0 Å². The molecule has 1 fully saturated rings. The Hall–Kier alpha value is -0.660. The van der Waals surface area contributed by atoms with E-state index in [1.165, 1.54) is 28.4 Å². The van der Waals surface area contributed by atoms with Gasteiger partial charge in [-0.1, -0.05) is 0 Å². The van der Waals surface area contributed by atoms with E-state index in [9.17, 15) is 9.59 Å². The van der Waals surface area contributed by atoms with Gasteiger partial charge in [-0.2, -0.15) is 0 Å². The van der Waals surface area contributed by atoms with Gasteiger partial charge in [0, 0.05) is 10.7 Å². The van der Waals surface area contributed by atoms with Crippen LogP contribution in [0.4, 0.5) is 0 Å². The summed E-state index contributed by atoms with van der Waals surface area (Å²) >= 11 is 2.89. The zero-order valence-corrected chi connectivity index (χ0v) is 9.60. The molecule has 1 unspecified atom stereocenters. The lowest BCUT2D eigenvalue weighted by Crippen LogP contribution is -2.68. The predicted octanol–water partition coefficient (Wildman–Crippen LogP) is -0.112. The lowest BCUT2D eigenvalue weighted by molar-refractivity contribution is -0.147. The van der Waals surface area contributed by atoms with Crippen molar-refractivity contribution in [1.82, 2.24) is 4.90 Å². The molecule has 2 aliphatic rings. The van der Waals surface area contributed by atoms with Crippen LogP contribution >= 0.6 is 23.5 Å². The highest BCUT2D eigenvalue weighted by Gasteiger charge is 2.51. The van der Waals surface area contributed by atoms with Gasteiger partial charge in [0.2, 0.25) is 5.91 Å². The fraction of sp³-hybridized carbons (Fsp3) is 0.500. The van der Waals surface area contributed by atoms with Crippen molar-refractivity contribution in [2.75, 3.05) is 12.0 Å². The number of carboxylic acid groups (broad SMARTS) is 1. The number of nitrogens with zero attached hydrogens (tertiary/aromatic N) is 1. The Morgan fingerprint density at radius 2 is 2.40 bits per heavy atom. The normalized spacial score (nSPS) is 30.0. The molecule has 0 bridgehead atoms. The zero-order valence-electron chi connectivity index (χ0n) is 7.97. The Bertz CT molecular complexity index is 369. The van der Waals surface area contributed by atoms with Crippen molar-refractivity contribution < 1.29 is 14.7 Å². The summed E-state index contributed by atoms with van der Waals surface area (Å²) in [6.07, 6.45) is 1.81. The number of rotatable bonds is 2. The highest BCUT2D eigenvalue weighted by molar-refractivity contribution is 8.05. The lowest BCUT2D eigenvalue weighted by atomic mass is 10.1. The maximum Gasteiger partial charge on any atom is 0.353 e. The number of carbonyl (C=O) groups is 2. The van der Waals surface area contributed by atoms with Crippen LogP contribution in [0.25, 0.3) is 0 Å². The van der Waals surface area contributed by atoms with E-state index in [1.54, 1.807) is 0 Å². The van der Waals surface area contributed by atoms with E-state index >= 15 is 0 Å². The number of amides is 1. The van der Waals surface area contributed by atoms with Crippen LogP contribution in [0.3, 0.4) is 0 Å². The topological polar surface area (TPSA) is 83.6 Å². The van der Waals surface area contributed by atoms with E-state index in [1.807, 2.05) is 6.26 Å². The van der Waals surface area contributed by atoms with Gasteiger partial charge in [0.05, 0.1) is 0 Å². The molecule has 0 aliphatic carbocycles. The fourth-order valence-corrected chi connectivity index (χ4v) is 3.84. The molecule has 2 heterocycles. The summed E-state index contributed by atoms with van der Waals surface area (Å²) < 4.78 is 0. The largest absolute Gasteiger partial charge is 0.477 e. The molecule has 0 aromatic rings. The number of thioether (sulfide) groups is 2. The number of nitrogens with two attached hydrogens (primary N) is 1. The van der Waals surface area contributed by atoms with Gasteiger partial charge in [-0.25, -0.2) is 4.79 Å². The summed E-state index contributed by atoms with van der Waals surface area (Å²) in [5.41, 5.74) is 5.70. The molecule has 1 saturated heterocycles. The predicted molar refractivity (Wildman–Crippen MR) is 59.2 cm³/mol. The summed E-state index contributed by atoms with van der Waals surface area (Å²) in [5, 5.41) is 8.86. The van der Waals surface area contributed by atoms with Crippen molar-refractivity contribution in [3.8, 4) is 0 Å². The first kappa shape index (κ1) is 10.8. The van der Waals surface area contributed by atoms with Crippen molar-refractivity contribution in [3.05, 3.63) is 10.6 Å². The van der Waals surface area contributed by atoms with Crippen LogP contribution in [0, 0.1) is 0 Å². The van der Waals surface area contributed by atoms with Gasteiger partial charge >= 0.3 is 5.97 Å². The molecular weight excluding hydrogens is 236 g/mol. The smallest absolute Gasteiger partial charge is 0.353 e. The number of carbonyl (C=O) groups excluding carboxylic acids is 1. The molecule has 3 N–H and O–H groups in total. The lowest BCUT2D eigenvalue weighted by Gasteiger charge is -2.47. The van der Waals surface area contributed by atoms with Crippen molar-refractivity contribution >= 4 is 35.4 Å². The molecule has 5 nitrogen and oxygen atoms in total. The molecule has 2 rings (SSSR count). The number of hydrogen-bond acceptors (Lipinski definition) is 5. The monoisotopic (exact) mass is 246 g/mol. The Morgan fingerprint density at radius 1 is 1.73 bits per heavy atom. The van der Waals surface area contributed by atoms with E-state index in [-0.39, 0.29) is 17.0 Å². The SMILES string of the molecule is CSC1=C(C(=O)O)N2C(=O)C(N)[C@H]2SC1. The van der Waals surface area contributed by atoms with Crippen LogP contribution in [0.15, 0.2) is 10.6 Å². The Morgan fingerprint density at radius 3 is 2.93 bits per heavy atom. The molecule has 7 heteroatoms. The number of aliphatic carboxylic acids is 1. The van der Waals surface area contributed by atoms with E-state index in [0.717, 1.165) is 4.91 Å². The van der Waals surface area contributed by atoms with Crippen LogP contribution in [-0.4, -0.2) is 45.3 Å². The van der Waals surface area contributed by atoms with Crippen LogP contribution in [0.1, 0.15) is 0 Å². The molecular formula is C8H10N2O3S2. The maximum absolute atomic E-state index is 11.5. The second kappa shape index (κ2) is 3.73. The van der Waals surface area contributed by atoms with E-state index < -0.39 is 12.0 Å². The average molecular weight is 246 g/mol. The molecule has 0 saturated carbocycles. The Labute approximate surface area is 95.1 Å². The average Bonchev–Trinajstić information content (AvgIpc) is 2.25. The third kappa shape index (κ3) is 1.45. The Kier molecular flexibility index (Phi) is 2.70. The fourth-order valence-electron chi connectivity index (χ4n) is 1.64. The minimum absolute atomic E-state index is 0.109. The third-order valence-electron chi connectivity index (χ3n) is 2.42. The van der Waals surface area contributed by atoms with Crippen LogP contribution in [0.5, 0.6) is 0 Å². The standard InChI is InChI=1S/C8H10N2O3S2/c1-14-3-2-15-7-4(9)6(11)10(7)5(3)8(12)13/h4,7H,2,9H2,1H3,(H,12,13)/t4?,7-/m1/s1. The third-order valence-corrected chi connectivity index (χ3v) is 4.74. The van der Waals surface area contributed by atoms with Crippen molar-refractivity contribution in [1.29, 1.82) is 0 Å². The van der Waals surface area contributed by atoms with Crippen molar-refractivity contribution in [3.63, 3.8) is 0 Å². The highest BCUT2D eigenvalue weighted by atomic mass is 32.2. The van der Waals surface area contributed by atoms with Gasteiger partial charge in [0.15, 0.2) is 0 Å². The van der Waals surface area contributed by atoms with Gasteiger partial charge in [-0.15, -0.1) is 23.5 Å². The first-order valence-electron chi connectivity index (χ1n) is 4.28. The molecule has 2 atom stereocenters. The second-order valence-electron chi connectivity index (χ2n) is 3.22. The summed E-state index contributed by atoms with van der Waals surface area (Å²) in [6, 6.07) is -0.548.